The molecule has 28 heavy (non-hydrogen) atoms. The van der Waals surface area contributed by atoms with Crippen molar-refractivity contribution in [2.75, 3.05) is 13.7 Å². The van der Waals surface area contributed by atoms with E-state index in [2.05, 4.69) is 0 Å². The molecule has 0 saturated heterocycles. The number of carbonyl (C=O) groups is 2. The molecule has 0 amide bonds. The number of esters is 1. The number of rotatable bonds is 6. The number of para-hydroxylation sites is 1. The largest absolute Gasteiger partial charge is 0.496 e. The molecule has 0 aliphatic carbocycles. The molecule has 3 rings (SSSR count). The van der Waals surface area contributed by atoms with Gasteiger partial charge in [0.2, 0.25) is 5.78 Å². The molecule has 2 aromatic rings. The van der Waals surface area contributed by atoms with Crippen molar-refractivity contribution in [3.8, 4) is 17.2 Å². The first-order chi connectivity index (χ1) is 13.5. The van der Waals surface area contributed by atoms with E-state index in [1.165, 1.54) is 0 Å². The van der Waals surface area contributed by atoms with Crippen molar-refractivity contribution < 1.29 is 28.5 Å². The lowest BCUT2D eigenvalue weighted by Crippen LogP contribution is -2.26. The van der Waals surface area contributed by atoms with E-state index < -0.39 is 12.1 Å². The number of fused-ring (bicyclic) bond motifs is 1. The number of hydrogen-bond donors (Lipinski definition) is 0. The highest BCUT2D eigenvalue weighted by Gasteiger charge is 2.31. The van der Waals surface area contributed by atoms with Gasteiger partial charge >= 0.3 is 5.97 Å². The summed E-state index contributed by atoms with van der Waals surface area (Å²) in [7, 11) is 1.57. The molecule has 0 spiro atoms. The minimum atomic E-state index is -0.766. The van der Waals surface area contributed by atoms with Gasteiger partial charge in [-0.25, -0.2) is 4.79 Å². The minimum Gasteiger partial charge on any atom is -0.496 e. The molecule has 6 nitrogen and oxygen atoms in total. The van der Waals surface area contributed by atoms with Gasteiger partial charge in [0, 0.05) is 11.1 Å². The lowest BCUT2D eigenvalue weighted by Gasteiger charge is -2.16. The van der Waals surface area contributed by atoms with Crippen molar-refractivity contribution in [1.29, 1.82) is 0 Å². The summed E-state index contributed by atoms with van der Waals surface area (Å²) in [4.78, 5) is 24.5. The average Bonchev–Trinajstić information content (AvgIpc) is 3.01. The number of allylic oxidation sites excluding steroid dienone is 1. The maximum atomic E-state index is 12.7. The molecule has 0 N–H and O–H groups in total. The highest BCUT2D eigenvalue weighted by Crippen LogP contribution is 2.40. The fraction of sp³-hybridized carbons (Fsp3) is 0.273. The molecule has 1 unspecified atom stereocenters. The molecule has 0 bridgehead atoms. The van der Waals surface area contributed by atoms with Crippen LogP contribution in [-0.2, 0) is 9.53 Å². The molecule has 146 valence electrons. The van der Waals surface area contributed by atoms with Gasteiger partial charge in [-0.1, -0.05) is 18.2 Å². The van der Waals surface area contributed by atoms with Crippen LogP contribution in [0.5, 0.6) is 17.2 Å². The van der Waals surface area contributed by atoms with Crippen LogP contribution in [-0.4, -0.2) is 31.6 Å². The zero-order valence-corrected chi connectivity index (χ0v) is 16.3. The highest BCUT2D eigenvalue weighted by molar-refractivity contribution is 6.15. The van der Waals surface area contributed by atoms with Crippen LogP contribution in [0, 0.1) is 6.92 Å². The topological polar surface area (TPSA) is 71.1 Å². The number of ketones is 1. The molecule has 1 atom stereocenters. The molecule has 1 aliphatic rings. The Balaban J connectivity index is 1.88. The van der Waals surface area contributed by atoms with Gasteiger partial charge in [-0.15, -0.1) is 0 Å². The van der Waals surface area contributed by atoms with E-state index >= 15 is 0 Å². The third kappa shape index (κ3) is 3.71. The number of hydrogen-bond acceptors (Lipinski definition) is 6. The standard InChI is InChI=1S/C22H22O6/c1-5-26-22(24)14(3)27-17-11-10-16-20(23)19(28-21(16)13(17)2)12-15-8-6-7-9-18(15)25-4/h6-12,14H,5H2,1-4H3/b19-12-. The Hall–Kier alpha value is -3.28. The van der Waals surface area contributed by atoms with E-state index in [0.717, 1.165) is 5.56 Å². The Bertz CT molecular complexity index is 944. The fourth-order valence-electron chi connectivity index (χ4n) is 2.92. The third-order valence-corrected chi connectivity index (χ3v) is 4.38. The van der Waals surface area contributed by atoms with E-state index in [9.17, 15) is 9.59 Å². The molecule has 2 aromatic carbocycles. The van der Waals surface area contributed by atoms with Crippen LogP contribution in [0.3, 0.4) is 0 Å². The summed E-state index contributed by atoms with van der Waals surface area (Å²) in [6.07, 6.45) is 0.889. The summed E-state index contributed by atoms with van der Waals surface area (Å²) < 4.78 is 21.8. The molecule has 0 radical (unpaired) electrons. The van der Waals surface area contributed by atoms with Gasteiger partial charge in [-0.3, -0.25) is 4.79 Å². The van der Waals surface area contributed by atoms with Crippen LogP contribution in [0.1, 0.15) is 35.3 Å². The first-order valence-electron chi connectivity index (χ1n) is 9.00. The van der Waals surface area contributed by atoms with Gasteiger partial charge in [0.15, 0.2) is 11.9 Å². The predicted octanol–water partition coefficient (Wildman–Crippen LogP) is 3.95. The lowest BCUT2D eigenvalue weighted by molar-refractivity contribution is -0.150. The summed E-state index contributed by atoms with van der Waals surface area (Å²) in [6, 6.07) is 10.7. The van der Waals surface area contributed by atoms with Crippen molar-refractivity contribution in [2.45, 2.75) is 26.9 Å². The number of ether oxygens (including phenoxy) is 4. The Morgan fingerprint density at radius 1 is 1.18 bits per heavy atom. The van der Waals surface area contributed by atoms with Crippen molar-refractivity contribution in [1.82, 2.24) is 0 Å². The van der Waals surface area contributed by atoms with Gasteiger partial charge < -0.3 is 18.9 Å². The minimum absolute atomic E-state index is 0.207. The van der Waals surface area contributed by atoms with Gasteiger partial charge in [-0.2, -0.15) is 0 Å². The molecule has 0 saturated carbocycles. The Morgan fingerprint density at radius 3 is 2.64 bits per heavy atom. The van der Waals surface area contributed by atoms with Crippen LogP contribution in [0.2, 0.25) is 0 Å². The number of Topliss-reactive ketones (excluding diaryl/α,β-unsaturated/α-hetero) is 1. The van der Waals surface area contributed by atoms with Crippen LogP contribution in [0.15, 0.2) is 42.2 Å². The first-order valence-corrected chi connectivity index (χ1v) is 9.00. The van der Waals surface area contributed by atoms with Crippen LogP contribution in [0.4, 0.5) is 0 Å². The maximum absolute atomic E-state index is 12.7. The predicted molar refractivity (Wildman–Crippen MR) is 104 cm³/mol. The molecule has 1 heterocycles. The normalized spacial score (nSPS) is 15.0. The van der Waals surface area contributed by atoms with E-state index in [4.69, 9.17) is 18.9 Å². The number of carbonyl (C=O) groups excluding carboxylic acids is 2. The summed E-state index contributed by atoms with van der Waals surface area (Å²) in [5.74, 6) is 1.08. The van der Waals surface area contributed by atoms with E-state index in [-0.39, 0.29) is 18.1 Å². The van der Waals surface area contributed by atoms with Crippen LogP contribution >= 0.6 is 0 Å². The Kier molecular flexibility index (Phi) is 5.68. The molecule has 1 aliphatic heterocycles. The molecule has 0 aromatic heterocycles. The van der Waals surface area contributed by atoms with Crippen molar-refractivity contribution >= 4 is 17.8 Å². The number of methoxy groups -OCH3 is 1. The second-order valence-corrected chi connectivity index (χ2v) is 6.26. The summed E-state index contributed by atoms with van der Waals surface area (Å²) in [6.45, 7) is 5.42. The summed E-state index contributed by atoms with van der Waals surface area (Å²) >= 11 is 0. The number of benzene rings is 2. The fourth-order valence-corrected chi connectivity index (χ4v) is 2.92. The van der Waals surface area contributed by atoms with Crippen molar-refractivity contribution in [3.63, 3.8) is 0 Å². The monoisotopic (exact) mass is 382 g/mol. The average molecular weight is 382 g/mol. The molecule has 0 fully saturated rings. The zero-order valence-electron chi connectivity index (χ0n) is 16.3. The Labute approximate surface area is 163 Å². The summed E-state index contributed by atoms with van der Waals surface area (Å²) in [5, 5.41) is 0. The first kappa shape index (κ1) is 19.5. The lowest BCUT2D eigenvalue weighted by atomic mass is 10.1. The van der Waals surface area contributed by atoms with Crippen LogP contribution < -0.4 is 14.2 Å². The van der Waals surface area contributed by atoms with Crippen molar-refractivity contribution in [3.05, 3.63) is 58.8 Å². The second kappa shape index (κ2) is 8.17. The zero-order chi connectivity index (χ0) is 20.3. The van der Waals surface area contributed by atoms with E-state index in [1.807, 2.05) is 24.3 Å². The van der Waals surface area contributed by atoms with Crippen molar-refractivity contribution in [2.24, 2.45) is 0 Å². The van der Waals surface area contributed by atoms with Gasteiger partial charge in [0.25, 0.3) is 0 Å². The van der Waals surface area contributed by atoms with E-state index in [0.29, 0.717) is 28.4 Å². The summed E-state index contributed by atoms with van der Waals surface area (Å²) in [5.41, 5.74) is 1.84. The highest BCUT2D eigenvalue weighted by atomic mass is 16.6. The molecular weight excluding hydrogens is 360 g/mol. The third-order valence-electron chi connectivity index (χ3n) is 4.38. The quantitative estimate of drug-likeness (QED) is 0.556. The van der Waals surface area contributed by atoms with Gasteiger partial charge in [0.1, 0.15) is 17.2 Å². The SMILES string of the molecule is CCOC(=O)C(C)Oc1ccc2c(c1C)O/C(=C\c1ccccc1OC)C2=O. The van der Waals surface area contributed by atoms with Crippen LogP contribution in [0.25, 0.3) is 6.08 Å². The molecule has 6 heteroatoms. The maximum Gasteiger partial charge on any atom is 0.347 e. The van der Waals surface area contributed by atoms with E-state index in [1.54, 1.807) is 46.1 Å². The second-order valence-electron chi connectivity index (χ2n) is 6.26. The van der Waals surface area contributed by atoms with Gasteiger partial charge in [0.05, 0.1) is 19.3 Å². The smallest absolute Gasteiger partial charge is 0.347 e. The Morgan fingerprint density at radius 2 is 1.93 bits per heavy atom. The van der Waals surface area contributed by atoms with Gasteiger partial charge in [-0.05, 0) is 45.0 Å². The molecular formula is C22H22O6.